The Hall–Kier alpha value is -1.05. The smallest absolute Gasteiger partial charge is 0.250 e. The van der Waals surface area contributed by atoms with Gasteiger partial charge in [0.2, 0.25) is 5.56 Å². The fourth-order valence-corrected chi connectivity index (χ4v) is 2.87. The summed E-state index contributed by atoms with van der Waals surface area (Å²) in [6.45, 7) is 9.14. The van der Waals surface area contributed by atoms with Crippen LogP contribution >= 0.6 is 24.0 Å². The molecule has 2 heterocycles. The Bertz CT molecular complexity index is 550. The number of halogens is 1. The Morgan fingerprint density at radius 3 is 2.71 bits per heavy atom. The lowest BCUT2D eigenvalue weighted by atomic mass is 10.00. The molecule has 136 valence electrons. The normalized spacial score (nSPS) is 15.9. The Labute approximate surface area is 162 Å². The van der Waals surface area contributed by atoms with Crippen molar-refractivity contribution in [1.29, 1.82) is 0 Å². The maximum absolute atomic E-state index is 11.6. The number of piperidine rings is 1. The number of hydrogen-bond donors (Lipinski definition) is 1. The van der Waals surface area contributed by atoms with Gasteiger partial charge in [-0.05, 0) is 44.6 Å². The van der Waals surface area contributed by atoms with Crippen LogP contribution in [-0.4, -0.2) is 41.6 Å². The van der Waals surface area contributed by atoms with Crippen molar-refractivity contribution in [2.24, 2.45) is 10.9 Å². The molecule has 5 nitrogen and oxygen atoms in total. The molecule has 0 atom stereocenters. The van der Waals surface area contributed by atoms with E-state index in [4.69, 9.17) is 4.99 Å². The first kappa shape index (κ1) is 21.0. The van der Waals surface area contributed by atoms with Gasteiger partial charge in [-0.15, -0.1) is 24.0 Å². The quantitative estimate of drug-likeness (QED) is 0.317. The highest BCUT2D eigenvalue weighted by Crippen LogP contribution is 2.15. The molecule has 6 heteroatoms. The molecule has 0 amide bonds. The van der Waals surface area contributed by atoms with Gasteiger partial charge in [0.1, 0.15) is 0 Å². The van der Waals surface area contributed by atoms with Crippen molar-refractivity contribution in [3.63, 3.8) is 0 Å². The fraction of sp³-hybridized carbons (Fsp3) is 0.667. The van der Waals surface area contributed by atoms with Crippen LogP contribution in [0.15, 0.2) is 34.2 Å². The Morgan fingerprint density at radius 2 is 2.04 bits per heavy atom. The van der Waals surface area contributed by atoms with Crippen LogP contribution < -0.4 is 10.9 Å². The topological polar surface area (TPSA) is 49.6 Å². The van der Waals surface area contributed by atoms with Gasteiger partial charge in [0.25, 0.3) is 0 Å². The molecule has 1 aromatic heterocycles. The minimum absolute atomic E-state index is 0. The first-order valence-corrected chi connectivity index (χ1v) is 8.89. The summed E-state index contributed by atoms with van der Waals surface area (Å²) in [5, 5.41) is 3.41. The molecule has 0 aromatic carbocycles. The zero-order chi connectivity index (χ0) is 16.5. The van der Waals surface area contributed by atoms with Crippen LogP contribution in [0.4, 0.5) is 0 Å². The number of aliphatic imine (C=N–C) groups is 1. The van der Waals surface area contributed by atoms with Crippen LogP contribution in [0.25, 0.3) is 0 Å². The van der Waals surface area contributed by atoms with Crippen molar-refractivity contribution < 1.29 is 0 Å². The van der Waals surface area contributed by atoms with Crippen molar-refractivity contribution in [1.82, 2.24) is 14.8 Å². The molecule has 1 aliphatic rings. The first-order valence-electron chi connectivity index (χ1n) is 8.89. The van der Waals surface area contributed by atoms with E-state index in [0.29, 0.717) is 0 Å². The minimum Gasteiger partial charge on any atom is -0.357 e. The van der Waals surface area contributed by atoms with Crippen molar-refractivity contribution in [2.45, 2.75) is 46.1 Å². The number of unbranched alkanes of at least 4 members (excludes halogenated alkanes) is 1. The van der Waals surface area contributed by atoms with Gasteiger partial charge in [-0.2, -0.15) is 0 Å². The van der Waals surface area contributed by atoms with Gasteiger partial charge in [-0.3, -0.25) is 9.79 Å². The lowest BCUT2D eigenvalue weighted by molar-refractivity contribution is 0.273. The third-order valence-electron chi connectivity index (χ3n) is 4.39. The maximum Gasteiger partial charge on any atom is 0.250 e. The average molecular weight is 446 g/mol. The van der Waals surface area contributed by atoms with E-state index >= 15 is 0 Å². The molecular weight excluding hydrogens is 415 g/mol. The summed E-state index contributed by atoms with van der Waals surface area (Å²) in [4.78, 5) is 18.8. The predicted molar refractivity (Wildman–Crippen MR) is 111 cm³/mol. The van der Waals surface area contributed by atoms with E-state index in [2.05, 4.69) is 24.1 Å². The summed E-state index contributed by atoms with van der Waals surface area (Å²) in [5.74, 6) is 1.88. The third-order valence-corrected chi connectivity index (χ3v) is 4.39. The molecule has 1 aromatic rings. The van der Waals surface area contributed by atoms with E-state index < -0.39 is 0 Å². The number of pyridine rings is 1. The van der Waals surface area contributed by atoms with E-state index in [1.165, 1.54) is 12.8 Å². The van der Waals surface area contributed by atoms with Crippen molar-refractivity contribution in [2.75, 3.05) is 26.2 Å². The van der Waals surface area contributed by atoms with Crippen molar-refractivity contribution >= 4 is 29.9 Å². The van der Waals surface area contributed by atoms with Crippen LogP contribution in [0.5, 0.6) is 0 Å². The number of rotatable bonds is 6. The molecule has 2 rings (SSSR count). The van der Waals surface area contributed by atoms with Gasteiger partial charge in [-0.25, -0.2) is 0 Å². The van der Waals surface area contributed by atoms with Gasteiger partial charge < -0.3 is 14.8 Å². The Morgan fingerprint density at radius 1 is 1.29 bits per heavy atom. The fourth-order valence-electron chi connectivity index (χ4n) is 2.87. The summed E-state index contributed by atoms with van der Waals surface area (Å²) in [6, 6.07) is 5.30. The number of aryl methyl sites for hydroxylation is 1. The molecule has 0 bridgehead atoms. The highest BCUT2D eigenvalue weighted by atomic mass is 127. The van der Waals surface area contributed by atoms with Crippen LogP contribution in [0.2, 0.25) is 0 Å². The summed E-state index contributed by atoms with van der Waals surface area (Å²) in [5.41, 5.74) is 0.0757. The maximum atomic E-state index is 11.6. The zero-order valence-corrected chi connectivity index (χ0v) is 17.2. The van der Waals surface area contributed by atoms with Crippen LogP contribution in [0.1, 0.15) is 39.5 Å². The van der Waals surface area contributed by atoms with Crippen molar-refractivity contribution in [3.8, 4) is 0 Å². The lowest BCUT2D eigenvalue weighted by Crippen LogP contribution is -2.45. The molecule has 1 saturated heterocycles. The monoisotopic (exact) mass is 446 g/mol. The Balaban J connectivity index is 0.00000288. The van der Waals surface area contributed by atoms with E-state index in [1.54, 1.807) is 16.7 Å². The van der Waals surface area contributed by atoms with Gasteiger partial charge in [0, 0.05) is 45.0 Å². The standard InChI is InChI=1S/C18H30N4O.HI/c1-3-19-18(22-14-9-16(2)10-15-22)20-11-5-7-13-21-12-6-4-8-17(21)23;/h4,6,8,12,16H,3,5,7,9-11,13-15H2,1-2H3,(H,19,20);1H. The van der Waals surface area contributed by atoms with Gasteiger partial charge in [-0.1, -0.05) is 13.0 Å². The molecule has 1 N–H and O–H groups in total. The van der Waals surface area contributed by atoms with Gasteiger partial charge >= 0.3 is 0 Å². The second kappa shape index (κ2) is 11.5. The molecule has 1 aliphatic heterocycles. The first-order chi connectivity index (χ1) is 11.2. The predicted octanol–water partition coefficient (Wildman–Crippen LogP) is 2.94. The molecule has 0 spiro atoms. The molecule has 1 fully saturated rings. The minimum atomic E-state index is 0. The summed E-state index contributed by atoms with van der Waals surface area (Å²) in [6.07, 6.45) is 6.33. The van der Waals surface area contributed by atoms with Crippen molar-refractivity contribution in [3.05, 3.63) is 34.7 Å². The number of nitrogens with one attached hydrogen (secondary N) is 1. The molecular formula is C18H31IN4O. The average Bonchev–Trinajstić information content (AvgIpc) is 2.56. The molecule has 0 aliphatic carbocycles. The third kappa shape index (κ3) is 6.83. The SMILES string of the molecule is CCNC(=NCCCCn1ccccc1=O)N1CCC(C)CC1.I. The van der Waals surface area contributed by atoms with Gasteiger partial charge in [0.15, 0.2) is 5.96 Å². The highest BCUT2D eigenvalue weighted by molar-refractivity contribution is 14.0. The summed E-state index contributed by atoms with van der Waals surface area (Å²) in [7, 11) is 0. The molecule has 0 saturated carbocycles. The number of aromatic nitrogens is 1. The van der Waals surface area contributed by atoms with E-state index in [9.17, 15) is 4.79 Å². The van der Waals surface area contributed by atoms with Crippen LogP contribution in [0.3, 0.4) is 0 Å². The summed E-state index contributed by atoms with van der Waals surface area (Å²) >= 11 is 0. The van der Waals surface area contributed by atoms with E-state index in [1.807, 2.05) is 12.3 Å². The largest absolute Gasteiger partial charge is 0.357 e. The summed E-state index contributed by atoms with van der Waals surface area (Å²) < 4.78 is 1.76. The lowest BCUT2D eigenvalue weighted by Gasteiger charge is -2.33. The zero-order valence-electron chi connectivity index (χ0n) is 14.9. The number of likely N-dealkylation sites (tertiary alicyclic amines) is 1. The number of nitrogens with zero attached hydrogens (tertiary/aromatic N) is 3. The van der Waals surface area contributed by atoms with E-state index in [0.717, 1.165) is 57.4 Å². The van der Waals surface area contributed by atoms with Crippen LogP contribution in [0, 0.1) is 5.92 Å². The van der Waals surface area contributed by atoms with E-state index in [-0.39, 0.29) is 29.5 Å². The Kier molecular flexibility index (Phi) is 10.1. The number of hydrogen-bond acceptors (Lipinski definition) is 2. The molecule has 24 heavy (non-hydrogen) atoms. The molecule has 0 radical (unpaired) electrons. The van der Waals surface area contributed by atoms with Crippen LogP contribution in [-0.2, 0) is 6.54 Å². The molecule has 0 unspecified atom stereocenters. The van der Waals surface area contributed by atoms with Gasteiger partial charge in [0.05, 0.1) is 0 Å². The second-order valence-corrected chi connectivity index (χ2v) is 6.34. The number of guanidine groups is 1. The second-order valence-electron chi connectivity index (χ2n) is 6.34. The highest BCUT2D eigenvalue weighted by Gasteiger charge is 2.18.